The van der Waals surface area contributed by atoms with E-state index in [0.717, 1.165) is 6.42 Å². The Morgan fingerprint density at radius 1 is 1.25 bits per heavy atom. The molecule has 32 heavy (non-hydrogen) atoms. The Balaban J connectivity index is 1.42. The highest BCUT2D eigenvalue weighted by atomic mass is 35.5. The average Bonchev–Trinajstić information content (AvgIpc) is 3.51. The second-order valence-electron chi connectivity index (χ2n) is 7.37. The molecule has 4 aromatic rings. The van der Waals surface area contributed by atoms with Gasteiger partial charge >= 0.3 is 0 Å². The van der Waals surface area contributed by atoms with Gasteiger partial charge in [0.15, 0.2) is 0 Å². The van der Waals surface area contributed by atoms with Crippen molar-refractivity contribution in [3.63, 3.8) is 0 Å². The second kappa shape index (κ2) is 8.50. The van der Waals surface area contributed by atoms with Crippen molar-refractivity contribution in [2.24, 2.45) is 0 Å². The zero-order valence-corrected chi connectivity index (χ0v) is 18.1. The highest BCUT2D eigenvalue weighted by Crippen LogP contribution is 2.32. The third-order valence-electron chi connectivity index (χ3n) is 5.20. The van der Waals surface area contributed by atoms with Crippen molar-refractivity contribution in [3.05, 3.63) is 69.5 Å². The van der Waals surface area contributed by atoms with E-state index < -0.39 is 11.6 Å². The molecule has 2 aromatic heterocycles. The molecular weight excluding hydrogens is 458 g/mol. The van der Waals surface area contributed by atoms with E-state index >= 15 is 0 Å². The lowest BCUT2D eigenvalue weighted by Crippen LogP contribution is -2.34. The number of amides is 1. The zero-order chi connectivity index (χ0) is 22.2. The van der Waals surface area contributed by atoms with Crippen LogP contribution in [0.1, 0.15) is 16.1 Å². The van der Waals surface area contributed by atoms with Crippen LogP contribution in [0.3, 0.4) is 0 Å². The largest absolute Gasteiger partial charge is 0.379 e. The van der Waals surface area contributed by atoms with E-state index in [9.17, 15) is 13.6 Å². The SMILES string of the molecule is O=C(N[C@H]1CCOC1)c1cc(-n2ncc3cc(Nc4c(F)cccc4Cl)c(F)cc32)cs1. The van der Waals surface area contributed by atoms with Crippen LogP contribution in [0.2, 0.25) is 5.02 Å². The predicted octanol–water partition coefficient (Wildman–Crippen LogP) is 5.28. The van der Waals surface area contributed by atoms with E-state index in [4.69, 9.17) is 16.3 Å². The normalized spacial score (nSPS) is 15.9. The van der Waals surface area contributed by atoms with Gasteiger partial charge in [-0.3, -0.25) is 4.79 Å². The molecule has 10 heteroatoms. The van der Waals surface area contributed by atoms with Gasteiger partial charge in [-0.25, -0.2) is 13.5 Å². The van der Waals surface area contributed by atoms with Crippen molar-refractivity contribution in [1.29, 1.82) is 0 Å². The highest BCUT2D eigenvalue weighted by molar-refractivity contribution is 7.12. The number of ether oxygens (including phenoxy) is 1. The van der Waals surface area contributed by atoms with E-state index in [1.807, 2.05) is 0 Å². The van der Waals surface area contributed by atoms with Crippen LogP contribution in [0.5, 0.6) is 0 Å². The Kier molecular flexibility index (Phi) is 5.54. The Hall–Kier alpha value is -3.01. The van der Waals surface area contributed by atoms with Gasteiger partial charge in [0.1, 0.15) is 11.6 Å². The summed E-state index contributed by atoms with van der Waals surface area (Å²) in [5, 5.41) is 12.6. The van der Waals surface area contributed by atoms with Gasteiger partial charge in [-0.15, -0.1) is 11.3 Å². The maximum Gasteiger partial charge on any atom is 0.261 e. The van der Waals surface area contributed by atoms with Crippen LogP contribution < -0.4 is 10.6 Å². The molecule has 3 heterocycles. The molecule has 1 aliphatic rings. The third-order valence-corrected chi connectivity index (χ3v) is 6.43. The van der Waals surface area contributed by atoms with Crippen LogP contribution in [0.25, 0.3) is 16.6 Å². The minimum atomic E-state index is -0.590. The Morgan fingerprint density at radius 3 is 2.91 bits per heavy atom. The van der Waals surface area contributed by atoms with Crippen LogP contribution in [0.15, 0.2) is 48.0 Å². The molecule has 6 nitrogen and oxygen atoms in total. The maximum absolute atomic E-state index is 14.9. The maximum atomic E-state index is 14.9. The molecule has 0 radical (unpaired) electrons. The average molecular weight is 475 g/mol. The number of para-hydroxylation sites is 1. The number of thiophene rings is 1. The lowest BCUT2D eigenvalue weighted by atomic mass is 10.2. The number of halogens is 3. The van der Waals surface area contributed by atoms with E-state index in [2.05, 4.69) is 15.7 Å². The molecule has 2 aromatic carbocycles. The highest BCUT2D eigenvalue weighted by Gasteiger charge is 2.20. The molecule has 1 aliphatic heterocycles. The summed E-state index contributed by atoms with van der Waals surface area (Å²) in [6.07, 6.45) is 2.37. The first-order valence-electron chi connectivity index (χ1n) is 9.85. The topological polar surface area (TPSA) is 68.2 Å². The standard InChI is InChI=1S/C22H17ClF2N4O2S/c23-15-2-1-3-16(24)21(15)28-18-6-12-9-26-29(19(12)8-17(18)25)14-7-20(32-11-14)22(30)27-13-4-5-31-10-13/h1-3,6-9,11,13,28H,4-5,10H2,(H,27,30)/t13-/m0/s1. The van der Waals surface area contributed by atoms with Crippen molar-refractivity contribution < 1.29 is 18.3 Å². The Bertz CT molecular complexity index is 1300. The molecule has 1 atom stereocenters. The number of anilines is 2. The minimum Gasteiger partial charge on any atom is -0.379 e. The lowest BCUT2D eigenvalue weighted by Gasteiger charge is -2.11. The Labute approximate surface area is 190 Å². The number of hydrogen-bond acceptors (Lipinski definition) is 5. The minimum absolute atomic E-state index is 0.000889. The van der Waals surface area contributed by atoms with Crippen LogP contribution >= 0.6 is 22.9 Å². The van der Waals surface area contributed by atoms with Crippen LogP contribution in [0.4, 0.5) is 20.2 Å². The molecule has 0 bridgehead atoms. The fourth-order valence-electron chi connectivity index (χ4n) is 3.56. The molecular formula is C22H17ClF2N4O2S. The van der Waals surface area contributed by atoms with Crippen molar-refractivity contribution in [1.82, 2.24) is 15.1 Å². The molecule has 0 aliphatic carbocycles. The smallest absolute Gasteiger partial charge is 0.261 e. The predicted molar refractivity (Wildman–Crippen MR) is 120 cm³/mol. The number of nitrogens with one attached hydrogen (secondary N) is 2. The summed E-state index contributed by atoms with van der Waals surface area (Å²) in [6.45, 7) is 1.16. The van der Waals surface area contributed by atoms with Gasteiger partial charge in [0.2, 0.25) is 0 Å². The number of carbonyl (C=O) groups excluding carboxylic acids is 1. The van der Waals surface area contributed by atoms with Crippen LogP contribution in [-0.2, 0) is 4.74 Å². The molecule has 0 unspecified atom stereocenters. The van der Waals surface area contributed by atoms with Crippen molar-refractivity contribution in [3.8, 4) is 5.69 Å². The van der Waals surface area contributed by atoms with Gasteiger partial charge in [0, 0.05) is 23.4 Å². The first-order valence-corrected chi connectivity index (χ1v) is 11.1. The lowest BCUT2D eigenvalue weighted by molar-refractivity contribution is 0.0934. The van der Waals surface area contributed by atoms with E-state index in [1.165, 1.54) is 41.7 Å². The van der Waals surface area contributed by atoms with Gasteiger partial charge in [-0.05, 0) is 30.7 Å². The molecule has 2 N–H and O–H groups in total. The number of rotatable bonds is 5. The van der Waals surface area contributed by atoms with E-state index in [-0.39, 0.29) is 28.3 Å². The van der Waals surface area contributed by atoms with Crippen LogP contribution in [0, 0.1) is 11.6 Å². The van der Waals surface area contributed by atoms with Gasteiger partial charge in [0.25, 0.3) is 5.91 Å². The molecule has 1 fully saturated rings. The van der Waals surface area contributed by atoms with Gasteiger partial charge in [-0.2, -0.15) is 5.10 Å². The van der Waals surface area contributed by atoms with Gasteiger partial charge in [0.05, 0.1) is 51.3 Å². The summed E-state index contributed by atoms with van der Waals surface area (Å²) in [5.74, 6) is -1.35. The monoisotopic (exact) mass is 474 g/mol. The Morgan fingerprint density at radius 2 is 2.12 bits per heavy atom. The fraction of sp³-hybridized carbons (Fsp3) is 0.182. The third kappa shape index (κ3) is 3.94. The number of nitrogens with zero attached hydrogens (tertiary/aromatic N) is 2. The number of aromatic nitrogens is 2. The summed E-state index contributed by atoms with van der Waals surface area (Å²) >= 11 is 7.32. The molecule has 164 valence electrons. The summed E-state index contributed by atoms with van der Waals surface area (Å²) < 4.78 is 35.8. The number of carbonyl (C=O) groups is 1. The summed E-state index contributed by atoms with van der Waals surface area (Å²) in [6, 6.07) is 8.82. The zero-order valence-electron chi connectivity index (χ0n) is 16.6. The molecule has 1 amide bonds. The fourth-order valence-corrected chi connectivity index (χ4v) is 4.54. The molecule has 5 rings (SSSR count). The van der Waals surface area contributed by atoms with Crippen molar-refractivity contribution in [2.75, 3.05) is 18.5 Å². The van der Waals surface area contributed by atoms with Crippen molar-refractivity contribution in [2.45, 2.75) is 12.5 Å². The van der Waals surface area contributed by atoms with E-state index in [0.29, 0.717) is 34.7 Å². The number of benzene rings is 2. The molecule has 0 spiro atoms. The van der Waals surface area contributed by atoms with Gasteiger partial charge in [-0.1, -0.05) is 17.7 Å². The first kappa shape index (κ1) is 20.9. The van der Waals surface area contributed by atoms with Crippen molar-refractivity contribution >= 4 is 51.1 Å². The quantitative estimate of drug-likeness (QED) is 0.413. The molecule has 0 saturated carbocycles. The summed E-state index contributed by atoms with van der Waals surface area (Å²) in [5.41, 5.74) is 1.24. The first-order chi connectivity index (χ1) is 15.5. The van der Waals surface area contributed by atoms with Crippen LogP contribution in [-0.4, -0.2) is 34.9 Å². The van der Waals surface area contributed by atoms with Gasteiger partial charge < -0.3 is 15.4 Å². The molecule has 1 saturated heterocycles. The number of hydrogen-bond donors (Lipinski definition) is 2. The second-order valence-corrected chi connectivity index (χ2v) is 8.69. The summed E-state index contributed by atoms with van der Waals surface area (Å²) in [7, 11) is 0. The summed E-state index contributed by atoms with van der Waals surface area (Å²) in [4.78, 5) is 13.0. The number of fused-ring (bicyclic) bond motifs is 1. The van der Waals surface area contributed by atoms with E-state index in [1.54, 1.807) is 22.3 Å².